The molecule has 0 aliphatic heterocycles. The van der Waals surface area contributed by atoms with Crippen LogP contribution in [0.5, 0.6) is 0 Å². The SMILES string of the molecule is C[C@@H](C1CC1)N(C)c1ccc([N+](=O)[O-])cn1. The van der Waals surface area contributed by atoms with E-state index in [0.717, 1.165) is 11.7 Å². The second-order valence-electron chi connectivity index (χ2n) is 4.32. The molecule has 0 radical (unpaired) electrons. The molecule has 1 aliphatic rings. The Labute approximate surface area is 94.2 Å². The summed E-state index contributed by atoms with van der Waals surface area (Å²) in [6.07, 6.45) is 3.86. The molecule has 5 heteroatoms. The molecule has 1 aliphatic carbocycles. The molecule has 86 valence electrons. The van der Waals surface area contributed by atoms with E-state index in [2.05, 4.69) is 16.8 Å². The maximum Gasteiger partial charge on any atom is 0.287 e. The highest BCUT2D eigenvalue weighted by Crippen LogP contribution is 2.35. The summed E-state index contributed by atoms with van der Waals surface area (Å²) in [5.74, 6) is 1.55. The molecule has 5 nitrogen and oxygen atoms in total. The summed E-state index contributed by atoms with van der Waals surface area (Å²) in [5, 5.41) is 10.5. The second kappa shape index (κ2) is 4.08. The first-order valence-corrected chi connectivity index (χ1v) is 5.43. The van der Waals surface area contributed by atoms with Gasteiger partial charge in [-0.15, -0.1) is 0 Å². The van der Waals surface area contributed by atoms with Gasteiger partial charge in [0.15, 0.2) is 0 Å². The molecular weight excluding hydrogens is 206 g/mol. The molecule has 16 heavy (non-hydrogen) atoms. The zero-order valence-corrected chi connectivity index (χ0v) is 9.46. The van der Waals surface area contributed by atoms with Crippen molar-refractivity contribution in [3.8, 4) is 0 Å². The molecule has 0 saturated heterocycles. The van der Waals surface area contributed by atoms with Gasteiger partial charge in [-0.25, -0.2) is 4.98 Å². The van der Waals surface area contributed by atoms with E-state index in [1.165, 1.54) is 25.1 Å². The number of nitro groups is 1. The van der Waals surface area contributed by atoms with Gasteiger partial charge >= 0.3 is 0 Å². The number of nitrogens with zero attached hydrogens (tertiary/aromatic N) is 3. The van der Waals surface area contributed by atoms with Gasteiger partial charge in [0.25, 0.3) is 5.69 Å². The van der Waals surface area contributed by atoms with E-state index in [4.69, 9.17) is 0 Å². The molecule has 1 fully saturated rings. The van der Waals surface area contributed by atoms with Crippen molar-refractivity contribution in [1.82, 2.24) is 4.98 Å². The van der Waals surface area contributed by atoms with Crippen molar-refractivity contribution >= 4 is 11.5 Å². The van der Waals surface area contributed by atoms with Gasteiger partial charge < -0.3 is 4.90 Å². The highest BCUT2D eigenvalue weighted by Gasteiger charge is 2.31. The highest BCUT2D eigenvalue weighted by molar-refractivity contribution is 5.43. The van der Waals surface area contributed by atoms with Crippen LogP contribution in [0.2, 0.25) is 0 Å². The lowest BCUT2D eigenvalue weighted by Gasteiger charge is -2.25. The molecule has 0 spiro atoms. The number of hydrogen-bond donors (Lipinski definition) is 0. The smallest absolute Gasteiger partial charge is 0.287 e. The van der Waals surface area contributed by atoms with Crippen LogP contribution in [0, 0.1) is 16.0 Å². The molecule has 0 bridgehead atoms. The van der Waals surface area contributed by atoms with Crippen molar-refractivity contribution in [2.45, 2.75) is 25.8 Å². The van der Waals surface area contributed by atoms with Gasteiger partial charge in [0.1, 0.15) is 12.0 Å². The highest BCUT2D eigenvalue weighted by atomic mass is 16.6. The van der Waals surface area contributed by atoms with E-state index in [9.17, 15) is 10.1 Å². The summed E-state index contributed by atoms with van der Waals surface area (Å²) in [5.41, 5.74) is 0.0382. The van der Waals surface area contributed by atoms with Gasteiger partial charge in [-0.05, 0) is 31.7 Å². The van der Waals surface area contributed by atoms with Crippen LogP contribution in [-0.4, -0.2) is 23.0 Å². The zero-order valence-electron chi connectivity index (χ0n) is 9.46. The van der Waals surface area contributed by atoms with Crippen molar-refractivity contribution in [1.29, 1.82) is 0 Å². The van der Waals surface area contributed by atoms with Crippen LogP contribution in [0.25, 0.3) is 0 Å². The lowest BCUT2D eigenvalue weighted by molar-refractivity contribution is -0.385. The first kappa shape index (κ1) is 10.9. The third-order valence-electron chi connectivity index (χ3n) is 3.22. The minimum Gasteiger partial charge on any atom is -0.357 e. The summed E-state index contributed by atoms with van der Waals surface area (Å²) in [6.45, 7) is 2.17. The Bertz CT molecular complexity index is 387. The fourth-order valence-electron chi connectivity index (χ4n) is 1.80. The standard InChI is InChI=1S/C11H15N3O2/c1-8(9-3-4-9)13(2)11-6-5-10(7-12-11)14(15)16/h5-9H,3-4H2,1-2H3/t8-/m0/s1. The lowest BCUT2D eigenvalue weighted by Crippen LogP contribution is -2.31. The average Bonchev–Trinajstić information content (AvgIpc) is 3.11. The van der Waals surface area contributed by atoms with Gasteiger partial charge in [0, 0.05) is 19.2 Å². The van der Waals surface area contributed by atoms with Gasteiger partial charge in [-0.1, -0.05) is 0 Å². The van der Waals surface area contributed by atoms with Gasteiger partial charge in [0.2, 0.25) is 0 Å². The fourth-order valence-corrected chi connectivity index (χ4v) is 1.80. The van der Waals surface area contributed by atoms with E-state index in [1.807, 2.05) is 7.05 Å². The Morgan fingerprint density at radius 1 is 1.56 bits per heavy atom. The average molecular weight is 221 g/mol. The quantitative estimate of drug-likeness (QED) is 0.577. The lowest BCUT2D eigenvalue weighted by atomic mass is 10.2. The Morgan fingerprint density at radius 3 is 2.69 bits per heavy atom. The van der Waals surface area contributed by atoms with Crippen molar-refractivity contribution in [3.63, 3.8) is 0 Å². The first-order valence-electron chi connectivity index (χ1n) is 5.43. The summed E-state index contributed by atoms with van der Waals surface area (Å²) < 4.78 is 0. The maximum absolute atomic E-state index is 10.5. The van der Waals surface area contributed by atoms with Gasteiger partial charge in [-0.3, -0.25) is 10.1 Å². The Balaban J connectivity index is 2.11. The number of anilines is 1. The van der Waals surface area contributed by atoms with Crippen LogP contribution in [0.4, 0.5) is 11.5 Å². The van der Waals surface area contributed by atoms with Gasteiger partial charge in [-0.2, -0.15) is 0 Å². The van der Waals surface area contributed by atoms with Crippen LogP contribution in [-0.2, 0) is 0 Å². The first-order chi connectivity index (χ1) is 7.59. The Morgan fingerprint density at radius 2 is 2.25 bits per heavy atom. The summed E-state index contributed by atoms with van der Waals surface area (Å²) in [4.78, 5) is 16.3. The number of rotatable bonds is 4. The summed E-state index contributed by atoms with van der Waals surface area (Å²) in [6, 6.07) is 3.66. The minimum atomic E-state index is -0.429. The maximum atomic E-state index is 10.5. The zero-order chi connectivity index (χ0) is 11.7. The predicted octanol–water partition coefficient (Wildman–Crippen LogP) is 2.22. The third kappa shape index (κ3) is 2.13. The molecule has 1 atom stereocenters. The predicted molar refractivity (Wildman–Crippen MR) is 61.5 cm³/mol. The van der Waals surface area contributed by atoms with Crippen molar-refractivity contribution in [2.24, 2.45) is 5.92 Å². The largest absolute Gasteiger partial charge is 0.357 e. The number of pyridine rings is 1. The Kier molecular flexibility index (Phi) is 2.77. The fraction of sp³-hybridized carbons (Fsp3) is 0.545. The molecule has 1 saturated carbocycles. The molecular formula is C11H15N3O2. The van der Waals surface area contributed by atoms with Crippen LogP contribution >= 0.6 is 0 Å². The normalized spacial score (nSPS) is 16.9. The molecule has 1 heterocycles. The summed E-state index contributed by atoms with van der Waals surface area (Å²) >= 11 is 0. The molecule has 2 rings (SSSR count). The monoisotopic (exact) mass is 221 g/mol. The van der Waals surface area contributed by atoms with Crippen LogP contribution in [0.3, 0.4) is 0 Å². The number of aromatic nitrogens is 1. The molecule has 0 unspecified atom stereocenters. The summed E-state index contributed by atoms with van der Waals surface area (Å²) in [7, 11) is 1.98. The molecule has 0 amide bonds. The van der Waals surface area contributed by atoms with E-state index < -0.39 is 4.92 Å². The topological polar surface area (TPSA) is 59.3 Å². The van der Waals surface area contributed by atoms with Crippen LogP contribution < -0.4 is 4.90 Å². The third-order valence-corrected chi connectivity index (χ3v) is 3.22. The number of hydrogen-bond acceptors (Lipinski definition) is 4. The molecule has 0 N–H and O–H groups in total. The van der Waals surface area contributed by atoms with E-state index in [1.54, 1.807) is 6.07 Å². The minimum absolute atomic E-state index is 0.0382. The molecule has 0 aromatic carbocycles. The van der Waals surface area contributed by atoms with E-state index in [-0.39, 0.29) is 5.69 Å². The van der Waals surface area contributed by atoms with Crippen LogP contribution in [0.15, 0.2) is 18.3 Å². The second-order valence-corrected chi connectivity index (χ2v) is 4.32. The van der Waals surface area contributed by atoms with E-state index >= 15 is 0 Å². The van der Waals surface area contributed by atoms with Crippen molar-refractivity contribution in [2.75, 3.05) is 11.9 Å². The van der Waals surface area contributed by atoms with Crippen molar-refractivity contribution < 1.29 is 4.92 Å². The van der Waals surface area contributed by atoms with Crippen molar-refractivity contribution in [3.05, 3.63) is 28.4 Å². The Hall–Kier alpha value is -1.65. The van der Waals surface area contributed by atoms with Crippen LogP contribution in [0.1, 0.15) is 19.8 Å². The molecule has 1 aromatic rings. The van der Waals surface area contributed by atoms with E-state index in [0.29, 0.717) is 6.04 Å². The van der Waals surface area contributed by atoms with Gasteiger partial charge in [0.05, 0.1) is 4.92 Å². The molecule has 1 aromatic heterocycles.